The summed E-state index contributed by atoms with van der Waals surface area (Å²) in [7, 11) is 0. The summed E-state index contributed by atoms with van der Waals surface area (Å²) in [4.78, 5) is 25.5. The minimum Gasteiger partial charge on any atom is -0.465 e. The van der Waals surface area contributed by atoms with Crippen LogP contribution in [0.2, 0.25) is 0 Å². The number of carboxylic acid groups (broad SMARTS) is 1. The number of carbonyl (C=O) groups excluding carboxylic acids is 1. The van der Waals surface area contributed by atoms with Gasteiger partial charge in [-0.15, -0.1) is 0 Å². The van der Waals surface area contributed by atoms with Gasteiger partial charge in [0.05, 0.1) is 5.60 Å². The quantitative estimate of drug-likeness (QED) is 0.345. The zero-order chi connectivity index (χ0) is 26.1. The van der Waals surface area contributed by atoms with Crippen LogP contribution in [0.4, 0.5) is 9.18 Å². The Kier molecular flexibility index (Phi) is 9.84. The normalized spacial score (nSPS) is 17.4. The Morgan fingerprint density at radius 3 is 2.72 bits per heavy atom. The molecular formula is C28H38FN3O4. The van der Waals surface area contributed by atoms with Crippen LogP contribution >= 0.6 is 0 Å². The van der Waals surface area contributed by atoms with Gasteiger partial charge in [0.2, 0.25) is 5.91 Å². The van der Waals surface area contributed by atoms with Crippen molar-refractivity contribution >= 4 is 12.0 Å². The summed E-state index contributed by atoms with van der Waals surface area (Å²) in [5, 5.41) is 23.7. The van der Waals surface area contributed by atoms with Crippen molar-refractivity contribution in [3.63, 3.8) is 0 Å². The van der Waals surface area contributed by atoms with Crippen molar-refractivity contribution in [1.82, 2.24) is 10.2 Å². The topological polar surface area (TPSA) is 116 Å². The Morgan fingerprint density at radius 1 is 1.22 bits per heavy atom. The molecule has 0 saturated carbocycles. The molecule has 5 N–H and O–H groups in total. The molecule has 1 heterocycles. The molecule has 8 heteroatoms. The van der Waals surface area contributed by atoms with Crippen LogP contribution in [0, 0.1) is 11.7 Å². The molecule has 1 aliphatic heterocycles. The molecule has 2 amide bonds. The molecule has 1 fully saturated rings. The van der Waals surface area contributed by atoms with Gasteiger partial charge in [0.15, 0.2) is 0 Å². The number of hydrogen-bond acceptors (Lipinski definition) is 4. The molecule has 1 aliphatic rings. The monoisotopic (exact) mass is 499 g/mol. The molecule has 2 aromatic carbocycles. The Labute approximate surface area is 212 Å². The van der Waals surface area contributed by atoms with Gasteiger partial charge in [0, 0.05) is 37.5 Å². The van der Waals surface area contributed by atoms with Gasteiger partial charge in [0.25, 0.3) is 0 Å². The second kappa shape index (κ2) is 12.8. The first kappa shape index (κ1) is 27.6. The molecule has 3 rings (SSSR count). The van der Waals surface area contributed by atoms with Crippen molar-refractivity contribution in [3.8, 4) is 11.1 Å². The number of nitrogens with one attached hydrogen (secondary N) is 1. The van der Waals surface area contributed by atoms with Crippen molar-refractivity contribution in [2.24, 2.45) is 11.7 Å². The SMILES string of the molecule is CCc1cccc(-c2c(F)cccc2C(O)(CCCNC(=O)O)C2CCCN(C(=O)CCCN)C2)c1. The van der Waals surface area contributed by atoms with Crippen molar-refractivity contribution < 1.29 is 24.2 Å². The predicted molar refractivity (Wildman–Crippen MR) is 138 cm³/mol. The van der Waals surface area contributed by atoms with Gasteiger partial charge in [-0.1, -0.05) is 43.3 Å². The number of nitrogens with two attached hydrogens (primary N) is 1. The van der Waals surface area contributed by atoms with Crippen LogP contribution in [0.3, 0.4) is 0 Å². The van der Waals surface area contributed by atoms with Crippen molar-refractivity contribution in [2.75, 3.05) is 26.2 Å². The highest BCUT2D eigenvalue weighted by atomic mass is 19.1. The van der Waals surface area contributed by atoms with E-state index in [0.29, 0.717) is 62.0 Å². The minimum absolute atomic E-state index is 0.00940. The van der Waals surface area contributed by atoms with E-state index < -0.39 is 17.5 Å². The molecule has 7 nitrogen and oxygen atoms in total. The zero-order valence-corrected chi connectivity index (χ0v) is 21.0. The fraction of sp³-hybridized carbons (Fsp3) is 0.500. The second-order valence-corrected chi connectivity index (χ2v) is 9.55. The molecular weight excluding hydrogens is 461 g/mol. The van der Waals surface area contributed by atoms with Crippen molar-refractivity contribution in [3.05, 3.63) is 59.4 Å². The van der Waals surface area contributed by atoms with E-state index in [-0.39, 0.29) is 24.8 Å². The van der Waals surface area contributed by atoms with Gasteiger partial charge in [-0.2, -0.15) is 0 Å². The summed E-state index contributed by atoms with van der Waals surface area (Å²) >= 11 is 0. The van der Waals surface area contributed by atoms with E-state index >= 15 is 4.39 Å². The van der Waals surface area contributed by atoms with Crippen LogP contribution in [0.15, 0.2) is 42.5 Å². The standard InChI is InChI=1S/C28H38FN3O4/c1-2-20-8-3-9-21(18-20)26-23(11-4-12-24(26)29)28(36,14-7-16-31-27(34)35)22-10-6-17-32(19-22)25(33)13-5-15-30/h3-4,8-9,11-12,18,22,31,36H,2,5-7,10,13-17,19,30H2,1H3,(H,34,35). The Bertz CT molecular complexity index is 1050. The number of aliphatic hydroxyl groups is 1. The summed E-state index contributed by atoms with van der Waals surface area (Å²) in [5.41, 5.74) is 6.71. The van der Waals surface area contributed by atoms with E-state index in [1.54, 1.807) is 17.0 Å². The van der Waals surface area contributed by atoms with E-state index in [1.165, 1.54) is 6.07 Å². The lowest BCUT2D eigenvalue weighted by atomic mass is 9.72. The maximum atomic E-state index is 15.4. The Balaban J connectivity index is 2.02. The first-order valence-corrected chi connectivity index (χ1v) is 12.9. The number of piperidine rings is 1. The van der Waals surface area contributed by atoms with Gasteiger partial charge >= 0.3 is 6.09 Å². The molecule has 2 aromatic rings. The molecule has 0 radical (unpaired) electrons. The fourth-order valence-corrected chi connectivity index (χ4v) is 5.24. The smallest absolute Gasteiger partial charge is 0.404 e. The number of aryl methyl sites for hydroxylation is 1. The average molecular weight is 500 g/mol. The van der Waals surface area contributed by atoms with Crippen LogP contribution < -0.4 is 11.1 Å². The van der Waals surface area contributed by atoms with Gasteiger partial charge < -0.3 is 26.2 Å². The third kappa shape index (κ3) is 6.62. The number of nitrogens with zero attached hydrogens (tertiary/aromatic N) is 1. The number of rotatable bonds is 11. The maximum absolute atomic E-state index is 15.4. The van der Waals surface area contributed by atoms with Gasteiger partial charge in [-0.05, 0) is 67.8 Å². The number of amides is 2. The maximum Gasteiger partial charge on any atom is 0.404 e. The summed E-state index contributed by atoms with van der Waals surface area (Å²) in [6, 6.07) is 12.4. The van der Waals surface area contributed by atoms with E-state index in [4.69, 9.17) is 10.8 Å². The Hall–Kier alpha value is -2.97. The molecule has 0 aliphatic carbocycles. The summed E-state index contributed by atoms with van der Waals surface area (Å²) < 4.78 is 15.4. The van der Waals surface area contributed by atoms with E-state index in [9.17, 15) is 14.7 Å². The summed E-state index contributed by atoms with van der Waals surface area (Å²) in [6.45, 7) is 3.61. The summed E-state index contributed by atoms with van der Waals surface area (Å²) in [6.07, 6.45) is 2.63. The highest BCUT2D eigenvalue weighted by molar-refractivity contribution is 5.76. The van der Waals surface area contributed by atoms with Crippen molar-refractivity contribution in [1.29, 1.82) is 0 Å². The minimum atomic E-state index is -1.45. The molecule has 0 aromatic heterocycles. The number of hydrogen-bond donors (Lipinski definition) is 4. The molecule has 2 atom stereocenters. The van der Waals surface area contributed by atoms with Crippen LogP contribution in [-0.4, -0.2) is 53.3 Å². The van der Waals surface area contributed by atoms with Crippen LogP contribution in [0.1, 0.15) is 56.6 Å². The first-order chi connectivity index (χ1) is 17.3. The molecule has 0 spiro atoms. The van der Waals surface area contributed by atoms with Gasteiger partial charge in [0.1, 0.15) is 5.82 Å². The second-order valence-electron chi connectivity index (χ2n) is 9.55. The first-order valence-electron chi connectivity index (χ1n) is 12.9. The number of carbonyl (C=O) groups is 2. The van der Waals surface area contributed by atoms with Crippen LogP contribution in [0.5, 0.6) is 0 Å². The van der Waals surface area contributed by atoms with E-state index in [1.807, 2.05) is 31.2 Å². The van der Waals surface area contributed by atoms with Gasteiger partial charge in [-0.3, -0.25) is 4.79 Å². The van der Waals surface area contributed by atoms with Crippen LogP contribution in [-0.2, 0) is 16.8 Å². The molecule has 1 saturated heterocycles. The number of benzene rings is 2. The lowest BCUT2D eigenvalue weighted by Crippen LogP contribution is -2.48. The molecule has 196 valence electrons. The van der Waals surface area contributed by atoms with E-state index in [2.05, 4.69) is 5.32 Å². The largest absolute Gasteiger partial charge is 0.465 e. The highest BCUT2D eigenvalue weighted by Gasteiger charge is 2.43. The van der Waals surface area contributed by atoms with Gasteiger partial charge in [-0.25, -0.2) is 9.18 Å². The number of halogens is 1. The molecule has 0 bridgehead atoms. The lowest BCUT2D eigenvalue weighted by Gasteiger charge is -2.43. The summed E-state index contributed by atoms with van der Waals surface area (Å²) in [5.74, 6) is -0.738. The van der Waals surface area contributed by atoms with Crippen LogP contribution in [0.25, 0.3) is 11.1 Å². The fourth-order valence-electron chi connectivity index (χ4n) is 5.24. The lowest BCUT2D eigenvalue weighted by molar-refractivity contribution is -0.136. The number of likely N-dealkylation sites (tertiary alicyclic amines) is 1. The van der Waals surface area contributed by atoms with E-state index in [0.717, 1.165) is 18.4 Å². The molecule has 36 heavy (non-hydrogen) atoms. The third-order valence-corrected chi connectivity index (χ3v) is 7.16. The highest BCUT2D eigenvalue weighted by Crippen LogP contribution is 2.44. The third-order valence-electron chi connectivity index (χ3n) is 7.16. The predicted octanol–water partition coefficient (Wildman–Crippen LogP) is 4.27. The molecule has 2 unspecified atom stereocenters. The average Bonchev–Trinajstić information content (AvgIpc) is 2.89. The zero-order valence-electron chi connectivity index (χ0n) is 21.0. The Morgan fingerprint density at radius 2 is 2.00 bits per heavy atom. The van der Waals surface area contributed by atoms with Crippen molar-refractivity contribution in [2.45, 2.75) is 57.5 Å².